The number of halogens is 3. The first-order valence-electron chi connectivity index (χ1n) is 6.21. The lowest BCUT2D eigenvalue weighted by molar-refractivity contribution is 0.157. The van der Waals surface area contributed by atoms with Crippen molar-refractivity contribution in [2.45, 2.75) is 18.6 Å². The van der Waals surface area contributed by atoms with Crippen LogP contribution in [-0.4, -0.2) is 0 Å². The van der Waals surface area contributed by atoms with Gasteiger partial charge in [0.1, 0.15) is 23.5 Å². The lowest BCUT2D eigenvalue weighted by Gasteiger charge is -2.30. The number of hydrogen-bond donors (Lipinski definition) is 1. The van der Waals surface area contributed by atoms with Crippen molar-refractivity contribution in [3.05, 3.63) is 63.6 Å². The molecule has 104 valence electrons. The molecule has 2 nitrogen and oxygen atoms in total. The molecule has 2 N–H and O–H groups in total. The van der Waals surface area contributed by atoms with Crippen molar-refractivity contribution in [1.82, 2.24) is 0 Å². The number of hydrogen-bond acceptors (Lipinski definition) is 2. The van der Waals surface area contributed by atoms with Crippen LogP contribution in [0, 0.1) is 11.6 Å². The first-order chi connectivity index (χ1) is 9.54. The molecule has 0 saturated carbocycles. The molecule has 0 amide bonds. The van der Waals surface area contributed by atoms with Crippen molar-refractivity contribution in [3.8, 4) is 5.75 Å². The summed E-state index contributed by atoms with van der Waals surface area (Å²) >= 11 is 3.37. The second-order valence-electron chi connectivity index (χ2n) is 4.80. The molecule has 0 spiro atoms. The minimum atomic E-state index is -0.611. The molecule has 0 aromatic heterocycles. The minimum absolute atomic E-state index is 0.235. The monoisotopic (exact) mass is 339 g/mol. The Bertz CT molecular complexity index is 662. The Morgan fingerprint density at radius 1 is 1.10 bits per heavy atom. The molecular weight excluding hydrogens is 328 g/mol. The number of nitrogens with two attached hydrogens (primary N) is 1. The first-order valence-corrected chi connectivity index (χ1v) is 7.00. The van der Waals surface area contributed by atoms with E-state index in [9.17, 15) is 8.78 Å². The molecule has 0 bridgehead atoms. The van der Waals surface area contributed by atoms with Crippen LogP contribution in [0.2, 0.25) is 0 Å². The highest BCUT2D eigenvalue weighted by Gasteiger charge is 2.29. The summed E-state index contributed by atoms with van der Waals surface area (Å²) in [6.45, 7) is 0. The van der Waals surface area contributed by atoms with Gasteiger partial charge in [0, 0.05) is 34.1 Å². The van der Waals surface area contributed by atoms with Gasteiger partial charge in [-0.3, -0.25) is 0 Å². The van der Waals surface area contributed by atoms with E-state index in [1.165, 1.54) is 12.1 Å². The highest BCUT2D eigenvalue weighted by atomic mass is 79.9. The van der Waals surface area contributed by atoms with E-state index >= 15 is 0 Å². The van der Waals surface area contributed by atoms with Gasteiger partial charge in [0.15, 0.2) is 0 Å². The van der Waals surface area contributed by atoms with Crippen molar-refractivity contribution in [2.24, 2.45) is 5.73 Å². The molecule has 3 rings (SSSR count). The van der Waals surface area contributed by atoms with E-state index < -0.39 is 17.7 Å². The fraction of sp³-hybridized carbons (Fsp3) is 0.200. The smallest absolute Gasteiger partial charge is 0.133 e. The van der Waals surface area contributed by atoms with Gasteiger partial charge in [0.25, 0.3) is 0 Å². The average Bonchev–Trinajstić information content (AvgIpc) is 2.37. The largest absolute Gasteiger partial charge is 0.485 e. The number of ether oxygens (including phenoxy) is 1. The van der Waals surface area contributed by atoms with Gasteiger partial charge in [-0.2, -0.15) is 0 Å². The summed E-state index contributed by atoms with van der Waals surface area (Å²) in [6.07, 6.45) is -0.0515. The molecule has 1 heterocycles. The molecular formula is C15H12BrF2NO. The fourth-order valence-corrected chi connectivity index (χ4v) is 2.77. The zero-order chi connectivity index (χ0) is 14.3. The summed E-state index contributed by atoms with van der Waals surface area (Å²) in [6, 6.07) is 8.85. The van der Waals surface area contributed by atoms with E-state index in [1.807, 2.05) is 18.2 Å². The van der Waals surface area contributed by atoms with Crippen LogP contribution in [0.25, 0.3) is 0 Å². The third kappa shape index (κ3) is 2.43. The SMILES string of the molecule is N[C@@H]1CC(c2ccc(F)cc2F)Oc2cc(Br)ccc21. The van der Waals surface area contributed by atoms with Gasteiger partial charge in [0.2, 0.25) is 0 Å². The average molecular weight is 340 g/mol. The summed E-state index contributed by atoms with van der Waals surface area (Å²) in [7, 11) is 0. The van der Waals surface area contributed by atoms with Gasteiger partial charge >= 0.3 is 0 Å². The van der Waals surface area contributed by atoms with Crippen LogP contribution in [0.15, 0.2) is 40.9 Å². The van der Waals surface area contributed by atoms with Gasteiger partial charge in [-0.25, -0.2) is 8.78 Å². The van der Waals surface area contributed by atoms with E-state index in [1.54, 1.807) is 0 Å². The van der Waals surface area contributed by atoms with E-state index in [0.717, 1.165) is 16.1 Å². The molecule has 1 unspecified atom stereocenters. The van der Waals surface area contributed by atoms with Crippen molar-refractivity contribution >= 4 is 15.9 Å². The fourth-order valence-electron chi connectivity index (χ4n) is 2.43. The normalized spacial score (nSPS) is 21.2. The maximum atomic E-state index is 13.8. The van der Waals surface area contributed by atoms with Crippen LogP contribution in [0.1, 0.15) is 29.7 Å². The predicted molar refractivity (Wildman–Crippen MR) is 75.4 cm³/mol. The molecule has 1 aliphatic rings. The Morgan fingerprint density at radius 3 is 2.60 bits per heavy atom. The van der Waals surface area contributed by atoms with Crippen LogP contribution in [0.3, 0.4) is 0 Å². The molecule has 0 aliphatic carbocycles. The van der Waals surface area contributed by atoms with Crippen LogP contribution < -0.4 is 10.5 Å². The molecule has 0 saturated heterocycles. The number of benzene rings is 2. The van der Waals surface area contributed by atoms with E-state index in [2.05, 4.69) is 15.9 Å². The third-order valence-electron chi connectivity index (χ3n) is 3.42. The summed E-state index contributed by atoms with van der Waals surface area (Å²) in [4.78, 5) is 0. The van der Waals surface area contributed by atoms with Crippen molar-refractivity contribution in [2.75, 3.05) is 0 Å². The topological polar surface area (TPSA) is 35.2 Å². The lowest BCUT2D eigenvalue weighted by atomic mass is 9.93. The minimum Gasteiger partial charge on any atom is -0.485 e. The summed E-state index contributed by atoms with van der Waals surface area (Å²) in [5.41, 5.74) is 7.33. The van der Waals surface area contributed by atoms with E-state index in [4.69, 9.17) is 10.5 Å². The number of fused-ring (bicyclic) bond motifs is 1. The van der Waals surface area contributed by atoms with Crippen LogP contribution in [0.4, 0.5) is 8.78 Å². The van der Waals surface area contributed by atoms with Crippen molar-refractivity contribution in [1.29, 1.82) is 0 Å². The van der Waals surface area contributed by atoms with Crippen LogP contribution >= 0.6 is 15.9 Å². The summed E-state index contributed by atoms with van der Waals surface area (Å²) in [5.74, 6) is -0.581. The summed E-state index contributed by atoms with van der Waals surface area (Å²) < 4.78 is 33.5. The first kappa shape index (κ1) is 13.5. The van der Waals surface area contributed by atoms with Gasteiger partial charge in [-0.15, -0.1) is 0 Å². The Hall–Kier alpha value is -1.46. The number of rotatable bonds is 1. The maximum absolute atomic E-state index is 13.8. The molecule has 5 heteroatoms. The van der Waals surface area contributed by atoms with E-state index in [0.29, 0.717) is 17.7 Å². The van der Waals surface area contributed by atoms with Gasteiger partial charge in [-0.1, -0.05) is 22.0 Å². The Kier molecular flexibility index (Phi) is 3.48. The highest BCUT2D eigenvalue weighted by Crippen LogP contribution is 2.41. The zero-order valence-electron chi connectivity index (χ0n) is 10.4. The van der Waals surface area contributed by atoms with Crippen LogP contribution in [-0.2, 0) is 0 Å². The molecule has 1 aliphatic heterocycles. The second-order valence-corrected chi connectivity index (χ2v) is 5.71. The Balaban J connectivity index is 1.98. The Morgan fingerprint density at radius 2 is 1.85 bits per heavy atom. The molecule has 0 fully saturated rings. The second kappa shape index (κ2) is 5.14. The lowest BCUT2D eigenvalue weighted by Crippen LogP contribution is -2.24. The van der Waals surface area contributed by atoms with Crippen molar-refractivity contribution < 1.29 is 13.5 Å². The van der Waals surface area contributed by atoms with Gasteiger partial charge in [-0.05, 0) is 24.3 Å². The van der Waals surface area contributed by atoms with Crippen LogP contribution in [0.5, 0.6) is 5.75 Å². The molecule has 2 aromatic rings. The summed E-state index contributed by atoms with van der Waals surface area (Å²) in [5, 5.41) is 0. The molecule has 20 heavy (non-hydrogen) atoms. The highest BCUT2D eigenvalue weighted by molar-refractivity contribution is 9.10. The van der Waals surface area contributed by atoms with Gasteiger partial charge in [0.05, 0.1) is 0 Å². The zero-order valence-corrected chi connectivity index (χ0v) is 12.0. The quantitative estimate of drug-likeness (QED) is 0.842. The standard InChI is InChI=1S/C15H12BrF2NO/c16-8-1-3-11-13(19)7-15(20-14(11)5-8)10-4-2-9(17)6-12(10)18/h1-6,13,15H,7,19H2/t13-,15?/m1/s1. The predicted octanol–water partition coefficient (Wildman–Crippen LogP) is 4.25. The Labute approximate surface area is 123 Å². The third-order valence-corrected chi connectivity index (χ3v) is 3.91. The van der Waals surface area contributed by atoms with E-state index in [-0.39, 0.29) is 6.04 Å². The molecule has 2 atom stereocenters. The molecule has 0 radical (unpaired) electrons. The van der Waals surface area contributed by atoms with Gasteiger partial charge < -0.3 is 10.5 Å². The van der Waals surface area contributed by atoms with Crippen molar-refractivity contribution in [3.63, 3.8) is 0 Å². The maximum Gasteiger partial charge on any atom is 0.133 e. The molecule has 2 aromatic carbocycles.